The number of aromatic nitrogens is 1. The van der Waals surface area contributed by atoms with Gasteiger partial charge in [-0.2, -0.15) is 0 Å². The summed E-state index contributed by atoms with van der Waals surface area (Å²) >= 11 is 3.61. The van der Waals surface area contributed by atoms with Gasteiger partial charge in [-0.25, -0.2) is 4.98 Å². The molecule has 19 heavy (non-hydrogen) atoms. The topological polar surface area (TPSA) is 25.2 Å². The fraction of sp³-hybridized carbons (Fsp3) is 0.538. The standard InChI is InChI=1S/C13H20N2S4/c1-5-8-11-10(4)18-12(15-11)9-17-19-13(14-6-2)16-7-3/h5,8H,6-7,9H2,1-4H3. The number of hydrogen-bond acceptors (Lipinski definition) is 6. The van der Waals surface area contributed by atoms with Crippen molar-refractivity contribution in [1.82, 2.24) is 4.98 Å². The van der Waals surface area contributed by atoms with Crippen molar-refractivity contribution in [3.8, 4) is 0 Å². The Bertz CT molecular complexity index is 438. The first-order valence-corrected chi connectivity index (χ1v) is 10.4. The third-order valence-corrected chi connectivity index (χ3v) is 6.78. The first-order valence-electron chi connectivity index (χ1n) is 6.26. The van der Waals surface area contributed by atoms with Crippen LogP contribution < -0.4 is 0 Å². The molecular weight excluding hydrogens is 312 g/mol. The normalized spacial score (nSPS) is 12.5. The van der Waals surface area contributed by atoms with Gasteiger partial charge in [-0.3, -0.25) is 4.99 Å². The molecule has 0 amide bonds. The van der Waals surface area contributed by atoms with Crippen molar-refractivity contribution in [2.24, 2.45) is 4.99 Å². The third-order valence-electron chi connectivity index (χ3n) is 2.07. The molecule has 1 rings (SSSR count). The summed E-state index contributed by atoms with van der Waals surface area (Å²) in [7, 11) is 3.60. The largest absolute Gasteiger partial charge is 0.271 e. The zero-order valence-electron chi connectivity index (χ0n) is 11.8. The summed E-state index contributed by atoms with van der Waals surface area (Å²) in [6.45, 7) is 9.26. The van der Waals surface area contributed by atoms with Crippen LogP contribution in [0.25, 0.3) is 6.08 Å². The van der Waals surface area contributed by atoms with E-state index in [1.807, 2.05) is 35.6 Å². The molecule has 0 atom stereocenters. The molecule has 0 spiro atoms. The van der Waals surface area contributed by atoms with Crippen molar-refractivity contribution in [1.29, 1.82) is 0 Å². The van der Waals surface area contributed by atoms with Crippen LogP contribution in [0, 0.1) is 6.92 Å². The summed E-state index contributed by atoms with van der Waals surface area (Å²) in [5, 5.41) is 1.19. The maximum absolute atomic E-state index is 4.64. The summed E-state index contributed by atoms with van der Waals surface area (Å²) < 4.78 is 1.18. The van der Waals surface area contributed by atoms with Gasteiger partial charge in [0.25, 0.3) is 0 Å². The Hall–Kier alpha value is 0.0900. The fourth-order valence-electron chi connectivity index (χ4n) is 1.32. The average Bonchev–Trinajstić information content (AvgIpc) is 2.71. The number of nitrogens with zero attached hydrogens (tertiary/aromatic N) is 2. The second-order valence-corrected chi connectivity index (χ2v) is 8.65. The second kappa shape index (κ2) is 9.91. The predicted molar refractivity (Wildman–Crippen MR) is 96.6 cm³/mol. The van der Waals surface area contributed by atoms with Crippen molar-refractivity contribution in [3.05, 3.63) is 21.7 Å². The number of rotatable bonds is 6. The van der Waals surface area contributed by atoms with Gasteiger partial charge in [0.2, 0.25) is 0 Å². The van der Waals surface area contributed by atoms with Gasteiger partial charge in [0.05, 0.1) is 11.4 Å². The SMILES string of the molecule is CC=Cc1nc(CSSC(=NCC)SCC)sc1C. The van der Waals surface area contributed by atoms with Crippen molar-refractivity contribution in [2.45, 2.75) is 33.4 Å². The van der Waals surface area contributed by atoms with Gasteiger partial charge < -0.3 is 0 Å². The molecule has 106 valence electrons. The Morgan fingerprint density at radius 1 is 1.42 bits per heavy atom. The van der Waals surface area contributed by atoms with Crippen LogP contribution >= 0.6 is 44.7 Å². The minimum absolute atomic E-state index is 0.859. The number of thioether (sulfide) groups is 1. The van der Waals surface area contributed by atoms with E-state index in [-0.39, 0.29) is 0 Å². The van der Waals surface area contributed by atoms with E-state index in [1.54, 1.807) is 22.1 Å². The zero-order chi connectivity index (χ0) is 14.1. The number of aryl methyl sites for hydroxylation is 1. The van der Waals surface area contributed by atoms with E-state index in [4.69, 9.17) is 0 Å². The van der Waals surface area contributed by atoms with E-state index in [0.29, 0.717) is 0 Å². The molecule has 0 unspecified atom stereocenters. The first kappa shape index (κ1) is 17.1. The molecule has 0 aliphatic heterocycles. The lowest BCUT2D eigenvalue weighted by molar-refractivity contribution is 1.14. The summed E-state index contributed by atoms with van der Waals surface area (Å²) in [6.07, 6.45) is 4.11. The van der Waals surface area contributed by atoms with Crippen molar-refractivity contribution in [3.63, 3.8) is 0 Å². The molecule has 0 bridgehead atoms. The van der Waals surface area contributed by atoms with Crippen molar-refractivity contribution < 1.29 is 0 Å². The Morgan fingerprint density at radius 2 is 2.21 bits per heavy atom. The minimum atomic E-state index is 0.859. The number of aliphatic imine (C=N–C) groups is 1. The smallest absolute Gasteiger partial charge is 0.135 e. The number of thiazole rings is 1. The average molecular weight is 333 g/mol. The minimum Gasteiger partial charge on any atom is -0.271 e. The molecule has 0 radical (unpaired) electrons. The molecule has 6 heteroatoms. The van der Waals surface area contributed by atoms with Gasteiger partial charge >= 0.3 is 0 Å². The molecular formula is C13H20N2S4. The highest BCUT2D eigenvalue weighted by Gasteiger charge is 2.07. The van der Waals surface area contributed by atoms with Gasteiger partial charge in [0.1, 0.15) is 9.38 Å². The maximum Gasteiger partial charge on any atom is 0.135 e. The molecule has 0 fully saturated rings. The zero-order valence-corrected chi connectivity index (χ0v) is 15.1. The van der Waals surface area contributed by atoms with E-state index < -0.39 is 0 Å². The Labute approximate surface area is 132 Å². The van der Waals surface area contributed by atoms with E-state index in [1.165, 1.54) is 14.3 Å². The van der Waals surface area contributed by atoms with Gasteiger partial charge in [-0.15, -0.1) is 11.3 Å². The second-order valence-electron chi connectivity index (χ2n) is 3.57. The fourth-order valence-corrected chi connectivity index (χ4v) is 6.03. The van der Waals surface area contributed by atoms with Crippen LogP contribution in [0.15, 0.2) is 11.1 Å². The van der Waals surface area contributed by atoms with Crippen LogP contribution in [0.1, 0.15) is 36.3 Å². The predicted octanol–water partition coefficient (Wildman–Crippen LogP) is 5.50. The highest BCUT2D eigenvalue weighted by molar-refractivity contribution is 8.85. The number of hydrogen-bond donors (Lipinski definition) is 0. The molecule has 1 aromatic rings. The Kier molecular flexibility index (Phi) is 8.94. The van der Waals surface area contributed by atoms with Crippen molar-refractivity contribution >= 4 is 55.1 Å². The van der Waals surface area contributed by atoms with E-state index in [2.05, 4.69) is 36.8 Å². The molecule has 0 aromatic carbocycles. The molecule has 1 heterocycles. The first-order chi connectivity index (χ1) is 9.21. The molecule has 0 saturated heterocycles. The van der Waals surface area contributed by atoms with Crippen LogP contribution in [0.4, 0.5) is 0 Å². The Morgan fingerprint density at radius 3 is 2.84 bits per heavy atom. The summed E-state index contributed by atoms with van der Waals surface area (Å²) in [4.78, 5) is 10.4. The molecule has 0 N–H and O–H groups in total. The van der Waals surface area contributed by atoms with Gasteiger partial charge in [-0.1, -0.05) is 35.6 Å². The summed E-state index contributed by atoms with van der Waals surface area (Å²) in [5.74, 6) is 2.02. The lowest BCUT2D eigenvalue weighted by Gasteiger charge is -2.01. The van der Waals surface area contributed by atoms with Crippen LogP contribution in [0.2, 0.25) is 0 Å². The monoisotopic (exact) mass is 332 g/mol. The van der Waals surface area contributed by atoms with Crippen molar-refractivity contribution in [2.75, 3.05) is 12.3 Å². The lowest BCUT2D eigenvalue weighted by atomic mass is 10.3. The summed E-state index contributed by atoms with van der Waals surface area (Å²) in [6, 6.07) is 0. The lowest BCUT2D eigenvalue weighted by Crippen LogP contribution is -1.86. The third kappa shape index (κ3) is 6.38. The molecule has 0 aliphatic rings. The molecule has 2 nitrogen and oxygen atoms in total. The molecule has 0 aliphatic carbocycles. The van der Waals surface area contributed by atoms with E-state index in [0.717, 1.165) is 23.7 Å². The highest BCUT2D eigenvalue weighted by Crippen LogP contribution is 2.33. The van der Waals surface area contributed by atoms with Crippen LogP contribution in [0.3, 0.4) is 0 Å². The quantitative estimate of drug-likeness (QED) is 0.390. The Balaban J connectivity index is 2.48. The van der Waals surface area contributed by atoms with Crippen LogP contribution in [-0.4, -0.2) is 21.7 Å². The highest BCUT2D eigenvalue weighted by atomic mass is 33.1. The molecule has 0 saturated carbocycles. The van der Waals surface area contributed by atoms with Crippen LogP contribution in [-0.2, 0) is 5.75 Å². The summed E-state index contributed by atoms with van der Waals surface area (Å²) in [5.41, 5.74) is 1.11. The van der Waals surface area contributed by atoms with Gasteiger partial charge in [0.15, 0.2) is 0 Å². The van der Waals surface area contributed by atoms with Gasteiger partial charge in [-0.05, 0) is 43.4 Å². The van der Waals surface area contributed by atoms with E-state index >= 15 is 0 Å². The van der Waals surface area contributed by atoms with Crippen LogP contribution in [0.5, 0.6) is 0 Å². The maximum atomic E-state index is 4.64. The van der Waals surface area contributed by atoms with Gasteiger partial charge in [0, 0.05) is 11.4 Å². The van der Waals surface area contributed by atoms with E-state index in [9.17, 15) is 0 Å². The molecule has 1 aromatic heterocycles. The number of allylic oxidation sites excluding steroid dienone is 1.